The van der Waals surface area contributed by atoms with Gasteiger partial charge < -0.3 is 14.2 Å². The van der Waals surface area contributed by atoms with E-state index in [1.165, 1.54) is 25.3 Å². The molecule has 0 unspecified atom stereocenters. The first-order chi connectivity index (χ1) is 16.7. The molecule has 0 aliphatic carbocycles. The summed E-state index contributed by atoms with van der Waals surface area (Å²) in [6.45, 7) is 0.354. The molecule has 0 fully saturated rings. The molecular formula is C24H15BrClIN2O6. The lowest BCUT2D eigenvalue weighted by molar-refractivity contribution is -0.384. The van der Waals surface area contributed by atoms with Crippen LogP contribution in [0.25, 0.3) is 6.08 Å². The molecule has 0 amide bonds. The molecule has 0 atom stereocenters. The fourth-order valence-electron chi connectivity index (χ4n) is 3.18. The van der Waals surface area contributed by atoms with Crippen LogP contribution in [0.5, 0.6) is 11.5 Å². The number of carbonyl (C=O) groups is 1. The first-order valence-electron chi connectivity index (χ1n) is 9.97. The number of ether oxygens (including phenoxy) is 3. The average Bonchev–Trinajstić information content (AvgIpc) is 3.19. The van der Waals surface area contributed by atoms with Crippen molar-refractivity contribution in [1.82, 2.24) is 0 Å². The van der Waals surface area contributed by atoms with Gasteiger partial charge in [-0.15, -0.1) is 0 Å². The van der Waals surface area contributed by atoms with E-state index >= 15 is 0 Å². The van der Waals surface area contributed by atoms with Crippen LogP contribution >= 0.6 is 50.1 Å². The summed E-state index contributed by atoms with van der Waals surface area (Å²) in [5, 5.41) is 11.1. The molecule has 0 radical (unpaired) electrons. The third kappa shape index (κ3) is 5.82. The molecule has 3 aromatic carbocycles. The Balaban J connectivity index is 1.60. The SMILES string of the molecule is COc1cc(/C=C2\N=C(c3ccc(Cl)c([N+](=O)[O-])c3)OC2=O)cc(I)c1OCc1ccc(Br)cc1. The number of rotatable bonds is 7. The van der Waals surface area contributed by atoms with Crippen molar-refractivity contribution < 1.29 is 23.9 Å². The molecule has 0 aromatic heterocycles. The summed E-state index contributed by atoms with van der Waals surface area (Å²) in [5.74, 6) is 0.342. The van der Waals surface area contributed by atoms with E-state index in [0.717, 1.165) is 13.6 Å². The van der Waals surface area contributed by atoms with E-state index in [1.807, 2.05) is 30.3 Å². The lowest BCUT2D eigenvalue weighted by atomic mass is 10.1. The maximum Gasteiger partial charge on any atom is 0.363 e. The Morgan fingerprint density at radius 2 is 1.94 bits per heavy atom. The number of nitrogens with zero attached hydrogens (tertiary/aromatic N) is 2. The molecule has 0 bridgehead atoms. The number of aliphatic imine (C=N–C) groups is 1. The van der Waals surface area contributed by atoms with Crippen LogP contribution in [-0.4, -0.2) is 23.9 Å². The van der Waals surface area contributed by atoms with E-state index < -0.39 is 10.9 Å². The molecule has 1 heterocycles. The number of hydrogen-bond acceptors (Lipinski definition) is 7. The first-order valence-corrected chi connectivity index (χ1v) is 12.2. The third-order valence-corrected chi connectivity index (χ3v) is 6.51. The van der Waals surface area contributed by atoms with E-state index in [1.54, 1.807) is 12.1 Å². The highest BCUT2D eigenvalue weighted by Crippen LogP contribution is 2.36. The number of benzene rings is 3. The zero-order chi connectivity index (χ0) is 25.1. The standard InChI is InChI=1S/C24H15BrClIN2O6/c1-33-21-10-14(8-18(27)22(21)34-12-13-2-5-16(25)6-3-13)9-19-24(30)35-23(28-19)15-4-7-17(26)20(11-15)29(31)32/h2-11H,12H2,1H3/b19-9-. The van der Waals surface area contributed by atoms with Crippen molar-refractivity contribution in [3.8, 4) is 11.5 Å². The van der Waals surface area contributed by atoms with Crippen LogP contribution in [0, 0.1) is 13.7 Å². The van der Waals surface area contributed by atoms with Crippen molar-refractivity contribution in [3.63, 3.8) is 0 Å². The van der Waals surface area contributed by atoms with Crippen LogP contribution in [0.4, 0.5) is 5.69 Å². The second-order valence-electron chi connectivity index (χ2n) is 7.21. The zero-order valence-electron chi connectivity index (χ0n) is 18.0. The maximum absolute atomic E-state index is 12.4. The van der Waals surface area contributed by atoms with Gasteiger partial charge in [-0.1, -0.05) is 39.7 Å². The van der Waals surface area contributed by atoms with Crippen LogP contribution in [0.2, 0.25) is 5.02 Å². The third-order valence-electron chi connectivity index (χ3n) is 4.86. The molecule has 3 aromatic rings. The lowest BCUT2D eigenvalue weighted by Gasteiger charge is -2.14. The summed E-state index contributed by atoms with van der Waals surface area (Å²) in [7, 11) is 1.53. The summed E-state index contributed by atoms with van der Waals surface area (Å²) in [6.07, 6.45) is 1.54. The van der Waals surface area contributed by atoms with Crippen LogP contribution < -0.4 is 9.47 Å². The Bertz CT molecular complexity index is 1390. The Labute approximate surface area is 227 Å². The van der Waals surface area contributed by atoms with Crippen LogP contribution in [0.1, 0.15) is 16.7 Å². The second-order valence-corrected chi connectivity index (χ2v) is 9.69. The quantitative estimate of drug-likeness (QED) is 0.0931. The maximum atomic E-state index is 12.4. The van der Waals surface area contributed by atoms with E-state index in [-0.39, 0.29) is 27.9 Å². The van der Waals surface area contributed by atoms with E-state index in [2.05, 4.69) is 43.5 Å². The molecule has 1 aliphatic rings. The van der Waals surface area contributed by atoms with Gasteiger partial charge in [0.15, 0.2) is 17.2 Å². The van der Waals surface area contributed by atoms with E-state index in [4.69, 9.17) is 25.8 Å². The second kappa shape index (κ2) is 10.8. The minimum Gasteiger partial charge on any atom is -0.493 e. The summed E-state index contributed by atoms with van der Waals surface area (Å²) in [5.41, 5.74) is 1.63. The molecule has 4 rings (SSSR count). The minimum absolute atomic E-state index is 0.0245. The molecule has 178 valence electrons. The van der Waals surface area contributed by atoms with Crippen molar-refractivity contribution in [1.29, 1.82) is 0 Å². The molecule has 0 saturated heterocycles. The highest BCUT2D eigenvalue weighted by Gasteiger charge is 2.26. The number of methoxy groups -OCH3 is 1. The van der Waals surface area contributed by atoms with Crippen molar-refractivity contribution >= 4 is 73.8 Å². The first kappa shape index (κ1) is 25.1. The topological polar surface area (TPSA) is 100 Å². The smallest absolute Gasteiger partial charge is 0.363 e. The predicted octanol–water partition coefficient (Wildman–Crippen LogP) is 6.55. The summed E-state index contributed by atoms with van der Waals surface area (Å²) < 4.78 is 18.5. The van der Waals surface area contributed by atoms with Crippen LogP contribution in [0.15, 0.2) is 69.8 Å². The Kier molecular flexibility index (Phi) is 7.72. The van der Waals surface area contributed by atoms with Gasteiger partial charge in [0.05, 0.1) is 15.6 Å². The fourth-order valence-corrected chi connectivity index (χ4v) is 4.41. The van der Waals surface area contributed by atoms with Crippen molar-refractivity contribution in [2.24, 2.45) is 4.99 Å². The number of cyclic esters (lactones) is 1. The summed E-state index contributed by atoms with van der Waals surface area (Å²) in [6, 6.07) is 15.4. The van der Waals surface area contributed by atoms with Crippen LogP contribution in [0.3, 0.4) is 0 Å². The molecular weight excluding hydrogens is 655 g/mol. The number of esters is 1. The number of carbonyl (C=O) groups excluding carboxylic acids is 1. The minimum atomic E-state index is -0.679. The van der Waals surface area contributed by atoms with Gasteiger partial charge in [0.25, 0.3) is 5.69 Å². The number of nitro groups is 1. The van der Waals surface area contributed by atoms with Crippen LogP contribution in [-0.2, 0) is 16.1 Å². The van der Waals surface area contributed by atoms with Gasteiger partial charge in [0, 0.05) is 16.1 Å². The number of halogens is 3. The molecule has 0 spiro atoms. The number of nitro benzene ring substituents is 1. The van der Waals surface area contributed by atoms with Gasteiger partial charge in [-0.3, -0.25) is 10.1 Å². The normalized spacial score (nSPS) is 14.0. The summed E-state index contributed by atoms with van der Waals surface area (Å²) in [4.78, 5) is 27.2. The fraction of sp³-hybridized carbons (Fsp3) is 0.0833. The van der Waals surface area contributed by atoms with Gasteiger partial charge in [0.2, 0.25) is 5.90 Å². The Morgan fingerprint density at radius 1 is 1.20 bits per heavy atom. The molecule has 35 heavy (non-hydrogen) atoms. The molecule has 0 saturated carbocycles. The van der Waals surface area contributed by atoms with Crippen molar-refractivity contribution in [2.75, 3.05) is 7.11 Å². The number of hydrogen-bond donors (Lipinski definition) is 0. The largest absolute Gasteiger partial charge is 0.493 e. The highest BCUT2D eigenvalue weighted by atomic mass is 127. The monoisotopic (exact) mass is 668 g/mol. The lowest BCUT2D eigenvalue weighted by Crippen LogP contribution is -2.06. The summed E-state index contributed by atoms with van der Waals surface area (Å²) >= 11 is 11.4. The van der Waals surface area contributed by atoms with Gasteiger partial charge >= 0.3 is 5.97 Å². The Morgan fingerprint density at radius 3 is 2.63 bits per heavy atom. The molecule has 0 N–H and O–H groups in total. The zero-order valence-corrected chi connectivity index (χ0v) is 22.5. The molecule has 8 nitrogen and oxygen atoms in total. The molecule has 11 heteroatoms. The van der Waals surface area contributed by atoms with Crippen molar-refractivity contribution in [2.45, 2.75) is 6.61 Å². The van der Waals surface area contributed by atoms with Gasteiger partial charge in [-0.05, 0) is 76.2 Å². The van der Waals surface area contributed by atoms with Gasteiger partial charge in [0.1, 0.15) is 11.6 Å². The Hall–Kier alpha value is -2.96. The predicted molar refractivity (Wildman–Crippen MR) is 143 cm³/mol. The highest BCUT2D eigenvalue weighted by molar-refractivity contribution is 14.1. The van der Waals surface area contributed by atoms with E-state index in [9.17, 15) is 14.9 Å². The van der Waals surface area contributed by atoms with Crippen molar-refractivity contribution in [3.05, 3.63) is 100 Å². The average molecular weight is 670 g/mol. The van der Waals surface area contributed by atoms with Gasteiger partial charge in [-0.2, -0.15) is 0 Å². The van der Waals surface area contributed by atoms with E-state index in [0.29, 0.717) is 23.7 Å². The molecule has 1 aliphatic heterocycles. The van der Waals surface area contributed by atoms with Gasteiger partial charge in [-0.25, -0.2) is 9.79 Å².